The highest BCUT2D eigenvalue weighted by atomic mass is 16.5. The molecule has 0 aromatic carbocycles. The number of nitrogens with zero attached hydrogens (tertiary/aromatic N) is 3. The second kappa shape index (κ2) is 3.65. The summed E-state index contributed by atoms with van der Waals surface area (Å²) in [5.74, 6) is 0.162. The van der Waals surface area contributed by atoms with Gasteiger partial charge < -0.3 is 9.64 Å². The number of aromatic nitrogens is 3. The van der Waals surface area contributed by atoms with Gasteiger partial charge in [0.1, 0.15) is 0 Å². The number of anilines is 1. The van der Waals surface area contributed by atoms with Crippen molar-refractivity contribution < 1.29 is 9.53 Å². The highest BCUT2D eigenvalue weighted by molar-refractivity contribution is 5.92. The van der Waals surface area contributed by atoms with Crippen LogP contribution in [-0.2, 0) is 4.74 Å². The third-order valence-corrected chi connectivity index (χ3v) is 2.31. The maximum Gasteiger partial charge on any atom is 0.362 e. The van der Waals surface area contributed by atoms with Crippen LogP contribution in [0.5, 0.6) is 0 Å². The van der Waals surface area contributed by atoms with Gasteiger partial charge in [0.15, 0.2) is 5.82 Å². The van der Waals surface area contributed by atoms with Gasteiger partial charge >= 0.3 is 5.97 Å². The number of methoxy groups -OCH3 is 1. The third-order valence-electron chi connectivity index (χ3n) is 2.31. The van der Waals surface area contributed by atoms with Crippen LogP contribution < -0.4 is 4.90 Å². The van der Waals surface area contributed by atoms with E-state index in [4.69, 9.17) is 0 Å². The van der Waals surface area contributed by atoms with E-state index in [-0.39, 0.29) is 5.69 Å². The van der Waals surface area contributed by atoms with E-state index in [1.165, 1.54) is 7.11 Å². The minimum absolute atomic E-state index is 0.273. The molecule has 0 unspecified atom stereocenters. The van der Waals surface area contributed by atoms with Gasteiger partial charge in [-0.2, -0.15) is 5.21 Å². The molecule has 0 aliphatic carbocycles. The maximum absolute atomic E-state index is 11.3. The van der Waals surface area contributed by atoms with Crippen LogP contribution in [0, 0.1) is 0 Å². The van der Waals surface area contributed by atoms with E-state index in [2.05, 4.69) is 20.1 Å². The van der Waals surface area contributed by atoms with E-state index in [0.717, 1.165) is 25.9 Å². The summed E-state index contributed by atoms with van der Waals surface area (Å²) in [5.41, 5.74) is 0.273. The molecule has 1 fully saturated rings. The molecule has 1 aliphatic rings. The molecule has 6 heteroatoms. The van der Waals surface area contributed by atoms with Crippen molar-refractivity contribution in [1.29, 1.82) is 0 Å². The van der Waals surface area contributed by atoms with Gasteiger partial charge in [0.25, 0.3) is 0 Å². The first-order valence-corrected chi connectivity index (χ1v) is 4.57. The molecular formula is C8H12N4O2. The molecule has 0 saturated carbocycles. The Hall–Kier alpha value is -1.59. The molecule has 0 bridgehead atoms. The summed E-state index contributed by atoms with van der Waals surface area (Å²) in [7, 11) is 1.34. The van der Waals surface area contributed by atoms with Crippen LogP contribution in [0.25, 0.3) is 0 Å². The monoisotopic (exact) mass is 196 g/mol. The van der Waals surface area contributed by atoms with Crippen molar-refractivity contribution in [3.05, 3.63) is 5.69 Å². The fourth-order valence-corrected chi connectivity index (χ4v) is 1.61. The Bertz CT molecular complexity index is 330. The average Bonchev–Trinajstić information content (AvgIpc) is 2.85. The van der Waals surface area contributed by atoms with Crippen molar-refractivity contribution >= 4 is 11.8 Å². The van der Waals surface area contributed by atoms with Crippen LogP contribution in [0.2, 0.25) is 0 Å². The van der Waals surface area contributed by atoms with Crippen molar-refractivity contribution in [2.45, 2.75) is 12.8 Å². The zero-order chi connectivity index (χ0) is 9.97. The van der Waals surface area contributed by atoms with Crippen LogP contribution in [0.1, 0.15) is 23.3 Å². The molecule has 76 valence electrons. The van der Waals surface area contributed by atoms with Crippen molar-refractivity contribution in [2.24, 2.45) is 0 Å². The topological polar surface area (TPSA) is 71.1 Å². The lowest BCUT2D eigenvalue weighted by atomic mass is 10.4. The second-order valence-electron chi connectivity index (χ2n) is 3.18. The van der Waals surface area contributed by atoms with E-state index in [9.17, 15) is 4.79 Å². The number of aromatic amines is 1. The van der Waals surface area contributed by atoms with Crippen molar-refractivity contribution in [3.8, 4) is 0 Å². The lowest BCUT2D eigenvalue weighted by Gasteiger charge is -2.13. The predicted molar refractivity (Wildman–Crippen MR) is 49.2 cm³/mol. The first-order valence-electron chi connectivity index (χ1n) is 4.57. The molecule has 0 amide bonds. The molecule has 1 aromatic rings. The fourth-order valence-electron chi connectivity index (χ4n) is 1.61. The van der Waals surface area contributed by atoms with Gasteiger partial charge in [-0.1, -0.05) is 0 Å². The van der Waals surface area contributed by atoms with Gasteiger partial charge in [0.2, 0.25) is 5.69 Å². The minimum Gasteiger partial charge on any atom is -0.464 e. The Morgan fingerprint density at radius 3 is 2.79 bits per heavy atom. The summed E-state index contributed by atoms with van der Waals surface area (Å²) in [6.45, 7) is 1.85. The SMILES string of the molecule is COC(=O)c1n[nH]nc1N1CCCC1. The normalized spacial score (nSPS) is 15.9. The van der Waals surface area contributed by atoms with Crippen molar-refractivity contribution in [3.63, 3.8) is 0 Å². The molecule has 2 rings (SSSR count). The molecule has 1 aromatic heterocycles. The summed E-state index contributed by atoms with van der Waals surface area (Å²) >= 11 is 0. The second-order valence-corrected chi connectivity index (χ2v) is 3.18. The fraction of sp³-hybridized carbons (Fsp3) is 0.625. The standard InChI is InChI=1S/C8H12N4O2/c1-14-8(13)6-7(10-11-9-6)12-4-2-3-5-12/h2-5H2,1H3,(H,9,10,11). The van der Waals surface area contributed by atoms with Gasteiger partial charge in [-0.15, -0.1) is 10.2 Å². The summed E-state index contributed by atoms with van der Waals surface area (Å²) in [6, 6.07) is 0. The smallest absolute Gasteiger partial charge is 0.362 e. The minimum atomic E-state index is -0.444. The molecule has 0 spiro atoms. The summed E-state index contributed by atoms with van der Waals surface area (Å²) in [5, 5.41) is 10.2. The van der Waals surface area contributed by atoms with Gasteiger partial charge in [-0.3, -0.25) is 0 Å². The molecule has 0 atom stereocenters. The van der Waals surface area contributed by atoms with Gasteiger partial charge in [0.05, 0.1) is 7.11 Å². The molecule has 1 saturated heterocycles. The van der Waals surface area contributed by atoms with E-state index >= 15 is 0 Å². The first kappa shape index (κ1) is 8.98. The van der Waals surface area contributed by atoms with Crippen LogP contribution in [0.4, 0.5) is 5.82 Å². The van der Waals surface area contributed by atoms with Crippen LogP contribution in [0.15, 0.2) is 0 Å². The lowest BCUT2D eigenvalue weighted by molar-refractivity contribution is 0.0594. The van der Waals surface area contributed by atoms with Gasteiger partial charge in [0, 0.05) is 13.1 Å². The van der Waals surface area contributed by atoms with E-state index in [1.807, 2.05) is 4.90 Å². The Labute approximate surface area is 81.2 Å². The number of H-pyrrole nitrogens is 1. The van der Waals surface area contributed by atoms with Crippen LogP contribution in [0.3, 0.4) is 0 Å². The predicted octanol–water partition coefficient (Wildman–Crippen LogP) is 0.191. The van der Waals surface area contributed by atoms with Crippen molar-refractivity contribution in [2.75, 3.05) is 25.1 Å². The maximum atomic E-state index is 11.3. The molecule has 14 heavy (non-hydrogen) atoms. The Kier molecular flexibility index (Phi) is 2.34. The highest BCUT2D eigenvalue weighted by Gasteiger charge is 2.23. The first-order chi connectivity index (χ1) is 6.83. The number of ether oxygens (including phenoxy) is 1. The number of hydrogen-bond acceptors (Lipinski definition) is 5. The summed E-state index contributed by atoms with van der Waals surface area (Å²) in [4.78, 5) is 13.3. The molecule has 2 heterocycles. The molecular weight excluding hydrogens is 184 g/mol. The molecule has 1 aliphatic heterocycles. The zero-order valence-electron chi connectivity index (χ0n) is 7.99. The summed E-state index contributed by atoms with van der Waals surface area (Å²) < 4.78 is 4.61. The summed E-state index contributed by atoms with van der Waals surface area (Å²) in [6.07, 6.45) is 2.26. The number of carbonyl (C=O) groups excluding carboxylic acids is 1. The molecule has 1 N–H and O–H groups in total. The number of rotatable bonds is 2. The lowest BCUT2D eigenvalue weighted by Crippen LogP contribution is -2.21. The van der Waals surface area contributed by atoms with Gasteiger partial charge in [-0.05, 0) is 12.8 Å². The quantitative estimate of drug-likeness (QED) is 0.684. The Morgan fingerprint density at radius 2 is 2.14 bits per heavy atom. The van der Waals surface area contributed by atoms with E-state index in [1.54, 1.807) is 0 Å². The Balaban J connectivity index is 2.24. The Morgan fingerprint density at radius 1 is 1.43 bits per heavy atom. The highest BCUT2D eigenvalue weighted by Crippen LogP contribution is 2.20. The largest absolute Gasteiger partial charge is 0.464 e. The molecule has 0 radical (unpaired) electrons. The number of carbonyl (C=O) groups is 1. The van der Waals surface area contributed by atoms with E-state index < -0.39 is 5.97 Å². The number of esters is 1. The van der Waals surface area contributed by atoms with Crippen LogP contribution >= 0.6 is 0 Å². The third kappa shape index (κ3) is 1.43. The molecule has 6 nitrogen and oxygen atoms in total. The zero-order valence-corrected chi connectivity index (χ0v) is 7.99. The van der Waals surface area contributed by atoms with Crippen molar-refractivity contribution in [1.82, 2.24) is 15.4 Å². The van der Waals surface area contributed by atoms with Gasteiger partial charge in [-0.25, -0.2) is 4.79 Å². The number of nitrogens with one attached hydrogen (secondary N) is 1. The average molecular weight is 196 g/mol. The number of hydrogen-bond donors (Lipinski definition) is 1. The van der Waals surface area contributed by atoms with E-state index in [0.29, 0.717) is 5.82 Å². The van der Waals surface area contributed by atoms with Crippen LogP contribution in [-0.4, -0.2) is 41.6 Å².